The van der Waals surface area contributed by atoms with E-state index in [1.165, 1.54) is 6.33 Å². The zero-order valence-electron chi connectivity index (χ0n) is 16.3. The number of anilines is 1. The van der Waals surface area contributed by atoms with E-state index in [9.17, 15) is 10.2 Å². The van der Waals surface area contributed by atoms with Crippen LogP contribution < -0.4 is 5.73 Å². The summed E-state index contributed by atoms with van der Waals surface area (Å²) in [5, 5.41) is 28.8. The molecule has 1 saturated heterocycles. The van der Waals surface area contributed by atoms with Crippen LogP contribution in [0.25, 0.3) is 11.2 Å². The van der Waals surface area contributed by atoms with Crippen molar-refractivity contribution in [2.45, 2.75) is 70.1 Å². The van der Waals surface area contributed by atoms with E-state index in [2.05, 4.69) is 32.2 Å². The highest BCUT2D eigenvalue weighted by Gasteiger charge is 2.36. The number of hydrogen-bond donors (Lipinski definition) is 3. The van der Waals surface area contributed by atoms with Crippen LogP contribution >= 0.6 is 0 Å². The standard InChI is InChI=1S/C18H26N8O3/c1-2-3-4-5-12(27)11-7-25(24-23-11)8-14-13(28)6-15(29-14)26-10-22-16-17(19)20-9-21-18(16)26/h7,9-10,12-15,27-28H,2-6,8H2,1H3,(H2,19,20,21)/t12?,13-,14-,15-/m1/s1. The summed E-state index contributed by atoms with van der Waals surface area (Å²) in [6.45, 7) is 2.45. The molecule has 3 aromatic rings. The quantitative estimate of drug-likeness (QED) is 0.468. The maximum Gasteiger partial charge on any atom is 0.167 e. The summed E-state index contributed by atoms with van der Waals surface area (Å²) in [5.41, 5.74) is 7.44. The fourth-order valence-electron chi connectivity index (χ4n) is 3.61. The minimum absolute atomic E-state index is 0.302. The van der Waals surface area contributed by atoms with Gasteiger partial charge in [0.15, 0.2) is 11.5 Å². The first-order chi connectivity index (χ1) is 14.1. The van der Waals surface area contributed by atoms with Crippen LogP contribution in [0.2, 0.25) is 0 Å². The topological polar surface area (TPSA) is 150 Å². The fourth-order valence-corrected chi connectivity index (χ4v) is 3.61. The van der Waals surface area contributed by atoms with Crippen LogP contribution in [-0.2, 0) is 11.3 Å². The third-order valence-electron chi connectivity index (χ3n) is 5.25. The summed E-state index contributed by atoms with van der Waals surface area (Å²) >= 11 is 0. The van der Waals surface area contributed by atoms with Crippen molar-refractivity contribution in [1.82, 2.24) is 34.5 Å². The Hall–Kier alpha value is -2.63. The van der Waals surface area contributed by atoms with Gasteiger partial charge in [-0.05, 0) is 6.42 Å². The van der Waals surface area contributed by atoms with Crippen molar-refractivity contribution in [3.8, 4) is 0 Å². The Balaban J connectivity index is 1.41. The van der Waals surface area contributed by atoms with Gasteiger partial charge >= 0.3 is 0 Å². The number of unbranched alkanes of at least 4 members (excludes halogenated alkanes) is 2. The van der Waals surface area contributed by atoms with Crippen molar-refractivity contribution in [2.75, 3.05) is 5.73 Å². The minimum Gasteiger partial charge on any atom is -0.390 e. The molecule has 0 saturated carbocycles. The molecule has 11 heteroatoms. The number of imidazole rings is 1. The number of nitrogens with two attached hydrogens (primary N) is 1. The molecule has 0 aromatic carbocycles. The summed E-state index contributed by atoms with van der Waals surface area (Å²) in [7, 11) is 0. The van der Waals surface area contributed by atoms with Crippen molar-refractivity contribution in [3.63, 3.8) is 0 Å². The summed E-state index contributed by atoms with van der Waals surface area (Å²) < 4.78 is 9.39. The van der Waals surface area contributed by atoms with Gasteiger partial charge < -0.3 is 20.7 Å². The van der Waals surface area contributed by atoms with Crippen LogP contribution in [-0.4, -0.2) is 56.9 Å². The van der Waals surface area contributed by atoms with Crippen LogP contribution in [0.5, 0.6) is 0 Å². The first-order valence-electron chi connectivity index (χ1n) is 9.91. The predicted octanol–water partition coefficient (Wildman–Crippen LogP) is 0.962. The van der Waals surface area contributed by atoms with E-state index in [0.29, 0.717) is 42.1 Å². The van der Waals surface area contributed by atoms with E-state index < -0.39 is 24.5 Å². The number of aromatic nitrogens is 7. The van der Waals surface area contributed by atoms with E-state index >= 15 is 0 Å². The van der Waals surface area contributed by atoms with Gasteiger partial charge in [-0.2, -0.15) is 0 Å². The molecule has 0 aliphatic carbocycles. The zero-order chi connectivity index (χ0) is 20.4. The molecule has 0 amide bonds. The van der Waals surface area contributed by atoms with Gasteiger partial charge in [-0.1, -0.05) is 31.4 Å². The normalized spacial score (nSPS) is 23.1. The lowest BCUT2D eigenvalue weighted by molar-refractivity contribution is -0.0269. The van der Waals surface area contributed by atoms with Gasteiger partial charge in [0.05, 0.1) is 31.3 Å². The van der Waals surface area contributed by atoms with E-state index in [1.54, 1.807) is 21.8 Å². The number of rotatable bonds is 8. The average molecular weight is 402 g/mol. The molecule has 4 N–H and O–H groups in total. The van der Waals surface area contributed by atoms with E-state index in [4.69, 9.17) is 10.5 Å². The molecule has 1 unspecified atom stereocenters. The molecular weight excluding hydrogens is 376 g/mol. The third kappa shape index (κ3) is 4.07. The SMILES string of the molecule is CCCCCC(O)c1cn(C[C@H]2O[C@@H](n3cnc4c(N)ncnc43)C[C@H]2O)nn1. The molecule has 4 rings (SSSR count). The number of hydrogen-bond acceptors (Lipinski definition) is 9. The molecule has 1 aliphatic heterocycles. The van der Waals surface area contributed by atoms with Gasteiger partial charge in [0.2, 0.25) is 0 Å². The molecule has 3 aromatic heterocycles. The largest absolute Gasteiger partial charge is 0.390 e. The molecule has 4 atom stereocenters. The van der Waals surface area contributed by atoms with E-state index in [-0.39, 0.29) is 0 Å². The Morgan fingerprint density at radius 2 is 2.17 bits per heavy atom. The monoisotopic (exact) mass is 402 g/mol. The second kappa shape index (κ2) is 8.39. The van der Waals surface area contributed by atoms with Crippen LogP contribution in [0, 0.1) is 0 Å². The highest BCUT2D eigenvalue weighted by atomic mass is 16.5. The summed E-state index contributed by atoms with van der Waals surface area (Å²) in [5.74, 6) is 0.302. The van der Waals surface area contributed by atoms with Gasteiger partial charge in [-0.25, -0.2) is 19.6 Å². The molecule has 0 bridgehead atoms. The lowest BCUT2D eigenvalue weighted by atomic mass is 10.1. The molecular formula is C18H26N8O3. The molecule has 11 nitrogen and oxygen atoms in total. The second-order valence-corrected chi connectivity index (χ2v) is 7.39. The first kappa shape index (κ1) is 19.7. The summed E-state index contributed by atoms with van der Waals surface area (Å²) in [6.07, 6.45) is 6.66. The third-order valence-corrected chi connectivity index (χ3v) is 5.25. The Bertz CT molecular complexity index is 958. The maximum absolute atomic E-state index is 10.5. The molecule has 1 fully saturated rings. The van der Waals surface area contributed by atoms with Crippen molar-refractivity contribution in [3.05, 3.63) is 24.5 Å². The lowest BCUT2D eigenvalue weighted by Gasteiger charge is -2.15. The Morgan fingerprint density at radius 3 is 3.00 bits per heavy atom. The summed E-state index contributed by atoms with van der Waals surface area (Å²) in [6, 6.07) is 0. The van der Waals surface area contributed by atoms with Crippen molar-refractivity contribution >= 4 is 17.0 Å². The number of ether oxygens (including phenoxy) is 1. The molecule has 1 aliphatic rings. The van der Waals surface area contributed by atoms with Gasteiger partial charge in [-0.15, -0.1) is 5.10 Å². The number of fused-ring (bicyclic) bond motifs is 1. The van der Waals surface area contributed by atoms with Crippen molar-refractivity contribution < 1.29 is 14.9 Å². The lowest BCUT2D eigenvalue weighted by Crippen LogP contribution is -2.26. The molecule has 4 heterocycles. The van der Waals surface area contributed by atoms with Gasteiger partial charge in [0.25, 0.3) is 0 Å². The van der Waals surface area contributed by atoms with E-state index in [1.807, 2.05) is 0 Å². The number of aliphatic hydroxyl groups excluding tert-OH is 2. The molecule has 29 heavy (non-hydrogen) atoms. The smallest absolute Gasteiger partial charge is 0.167 e. The van der Waals surface area contributed by atoms with Crippen LogP contribution in [0.4, 0.5) is 5.82 Å². The molecule has 156 valence electrons. The van der Waals surface area contributed by atoms with Crippen molar-refractivity contribution in [1.29, 1.82) is 0 Å². The Labute approximate surface area is 167 Å². The van der Waals surface area contributed by atoms with Crippen LogP contribution in [0.1, 0.15) is 57.1 Å². The Morgan fingerprint density at radius 1 is 1.31 bits per heavy atom. The first-order valence-corrected chi connectivity index (χ1v) is 9.91. The minimum atomic E-state index is -0.682. The molecule has 0 spiro atoms. The van der Waals surface area contributed by atoms with Crippen LogP contribution in [0.3, 0.4) is 0 Å². The Kier molecular flexibility index (Phi) is 5.69. The maximum atomic E-state index is 10.5. The zero-order valence-corrected chi connectivity index (χ0v) is 16.3. The highest BCUT2D eigenvalue weighted by molar-refractivity contribution is 5.81. The van der Waals surface area contributed by atoms with Gasteiger partial charge in [0, 0.05) is 6.42 Å². The molecule has 0 radical (unpaired) electrons. The highest BCUT2D eigenvalue weighted by Crippen LogP contribution is 2.32. The second-order valence-electron chi connectivity index (χ2n) is 7.39. The number of nitrogen functional groups attached to an aromatic ring is 1. The summed E-state index contributed by atoms with van der Waals surface area (Å²) in [4.78, 5) is 12.4. The average Bonchev–Trinajstić information content (AvgIpc) is 3.42. The van der Waals surface area contributed by atoms with Crippen molar-refractivity contribution in [2.24, 2.45) is 0 Å². The number of nitrogens with zero attached hydrogens (tertiary/aromatic N) is 7. The number of aliphatic hydroxyl groups is 2. The van der Waals surface area contributed by atoms with E-state index in [0.717, 1.165) is 19.3 Å². The predicted molar refractivity (Wildman–Crippen MR) is 103 cm³/mol. The van der Waals surface area contributed by atoms with Gasteiger partial charge in [-0.3, -0.25) is 4.57 Å². The van der Waals surface area contributed by atoms with Gasteiger partial charge in [0.1, 0.15) is 29.9 Å². The fraction of sp³-hybridized carbons (Fsp3) is 0.611. The van der Waals surface area contributed by atoms with Crippen LogP contribution in [0.15, 0.2) is 18.9 Å².